The van der Waals surface area contributed by atoms with Gasteiger partial charge in [-0.1, -0.05) is 0 Å². The molecular formula is C11H14F2O2. The lowest BCUT2D eigenvalue weighted by molar-refractivity contribution is 0.109. The summed E-state index contributed by atoms with van der Waals surface area (Å²) in [6, 6.07) is 3.22. The fourth-order valence-corrected chi connectivity index (χ4v) is 1.31. The van der Waals surface area contributed by atoms with Crippen LogP contribution in [0.4, 0.5) is 8.78 Å². The highest BCUT2D eigenvalue weighted by molar-refractivity contribution is 5.19. The van der Waals surface area contributed by atoms with E-state index in [2.05, 4.69) is 0 Å². The third-order valence-electron chi connectivity index (χ3n) is 2.12. The maximum Gasteiger partial charge on any atom is 0.126 e. The number of methoxy groups -OCH3 is 1. The Kier molecular flexibility index (Phi) is 4.65. The van der Waals surface area contributed by atoms with Crippen molar-refractivity contribution in [3.63, 3.8) is 0 Å². The third-order valence-corrected chi connectivity index (χ3v) is 2.12. The van der Waals surface area contributed by atoms with Crippen LogP contribution < -0.4 is 0 Å². The van der Waals surface area contributed by atoms with Gasteiger partial charge < -0.3 is 9.84 Å². The molecule has 0 heterocycles. The first kappa shape index (κ1) is 12.1. The summed E-state index contributed by atoms with van der Waals surface area (Å²) in [7, 11) is 1.52. The molecule has 0 aliphatic rings. The van der Waals surface area contributed by atoms with Gasteiger partial charge >= 0.3 is 0 Å². The summed E-state index contributed by atoms with van der Waals surface area (Å²) in [4.78, 5) is 0. The van der Waals surface area contributed by atoms with Gasteiger partial charge in [0.2, 0.25) is 0 Å². The van der Waals surface area contributed by atoms with Crippen LogP contribution in [0.2, 0.25) is 0 Å². The predicted octanol–water partition coefficient (Wildman–Crippen LogP) is 1.90. The molecule has 0 saturated heterocycles. The van der Waals surface area contributed by atoms with Crippen molar-refractivity contribution < 1.29 is 18.6 Å². The van der Waals surface area contributed by atoms with E-state index in [1.165, 1.54) is 7.11 Å². The van der Waals surface area contributed by atoms with Gasteiger partial charge in [-0.05, 0) is 30.2 Å². The monoisotopic (exact) mass is 216 g/mol. The fourth-order valence-electron chi connectivity index (χ4n) is 1.31. The molecular weight excluding hydrogens is 202 g/mol. The molecule has 1 rings (SSSR count). The predicted molar refractivity (Wildman–Crippen MR) is 52.6 cm³/mol. The summed E-state index contributed by atoms with van der Waals surface area (Å²) in [6.45, 7) is 0.401. The van der Waals surface area contributed by atoms with Gasteiger partial charge in [0.1, 0.15) is 11.6 Å². The van der Waals surface area contributed by atoms with E-state index in [0.29, 0.717) is 13.0 Å². The molecule has 4 heteroatoms. The second-order valence-electron chi connectivity index (χ2n) is 3.38. The SMILES string of the molecule is COCCC(O)Cc1cc(F)ccc1F. The molecule has 1 aromatic rings. The van der Waals surface area contributed by atoms with Gasteiger partial charge in [-0.3, -0.25) is 0 Å². The summed E-state index contributed by atoms with van der Waals surface area (Å²) in [5.74, 6) is -0.988. The molecule has 1 unspecified atom stereocenters. The summed E-state index contributed by atoms with van der Waals surface area (Å²) >= 11 is 0. The van der Waals surface area contributed by atoms with Crippen molar-refractivity contribution in [2.75, 3.05) is 13.7 Å². The standard InChI is InChI=1S/C11H14F2O2/c1-15-5-4-10(14)7-8-6-9(12)2-3-11(8)13/h2-3,6,10,14H,4-5,7H2,1H3. The van der Waals surface area contributed by atoms with Crippen molar-refractivity contribution >= 4 is 0 Å². The lowest BCUT2D eigenvalue weighted by atomic mass is 10.1. The second-order valence-corrected chi connectivity index (χ2v) is 3.38. The number of hydrogen-bond acceptors (Lipinski definition) is 2. The minimum absolute atomic E-state index is 0.104. The van der Waals surface area contributed by atoms with Crippen molar-refractivity contribution in [1.82, 2.24) is 0 Å². The Balaban J connectivity index is 2.59. The van der Waals surface area contributed by atoms with Crippen LogP contribution in [0.25, 0.3) is 0 Å². The average Bonchev–Trinajstić information content (AvgIpc) is 2.20. The Bertz CT molecular complexity index is 315. The molecule has 0 amide bonds. The van der Waals surface area contributed by atoms with Crippen molar-refractivity contribution in [2.24, 2.45) is 0 Å². The van der Waals surface area contributed by atoms with E-state index < -0.39 is 17.7 Å². The van der Waals surface area contributed by atoms with Crippen molar-refractivity contribution in [3.05, 3.63) is 35.4 Å². The first-order valence-electron chi connectivity index (χ1n) is 4.74. The first-order valence-corrected chi connectivity index (χ1v) is 4.74. The van der Waals surface area contributed by atoms with Gasteiger partial charge in [0, 0.05) is 20.1 Å². The number of halogens is 2. The van der Waals surface area contributed by atoms with E-state index in [1.807, 2.05) is 0 Å². The molecule has 0 saturated carbocycles. The number of rotatable bonds is 5. The van der Waals surface area contributed by atoms with Crippen molar-refractivity contribution in [3.8, 4) is 0 Å². The van der Waals surface area contributed by atoms with Crippen LogP contribution in [-0.2, 0) is 11.2 Å². The number of aliphatic hydroxyl groups excluding tert-OH is 1. The smallest absolute Gasteiger partial charge is 0.126 e. The van der Waals surface area contributed by atoms with Gasteiger partial charge in [-0.2, -0.15) is 0 Å². The normalized spacial score (nSPS) is 12.8. The molecule has 0 spiro atoms. The van der Waals surface area contributed by atoms with Crippen LogP contribution in [0, 0.1) is 11.6 Å². The average molecular weight is 216 g/mol. The molecule has 0 bridgehead atoms. The molecule has 1 atom stereocenters. The number of benzene rings is 1. The van der Waals surface area contributed by atoms with Crippen LogP contribution in [0.1, 0.15) is 12.0 Å². The topological polar surface area (TPSA) is 29.5 Å². The molecule has 84 valence electrons. The first-order chi connectivity index (χ1) is 7.13. The molecule has 1 N–H and O–H groups in total. The second kappa shape index (κ2) is 5.78. The maximum absolute atomic E-state index is 13.1. The Morgan fingerprint density at radius 3 is 2.80 bits per heavy atom. The highest BCUT2D eigenvalue weighted by atomic mass is 19.1. The van der Waals surface area contributed by atoms with Crippen LogP contribution in [0.5, 0.6) is 0 Å². The third kappa shape index (κ3) is 3.93. The number of aliphatic hydroxyl groups is 1. The van der Waals surface area contributed by atoms with Crippen molar-refractivity contribution in [1.29, 1.82) is 0 Å². The molecule has 0 radical (unpaired) electrons. The Morgan fingerprint density at radius 1 is 1.40 bits per heavy atom. The van der Waals surface area contributed by atoms with Crippen LogP contribution in [0.3, 0.4) is 0 Å². The van der Waals surface area contributed by atoms with E-state index >= 15 is 0 Å². The zero-order valence-corrected chi connectivity index (χ0v) is 8.54. The Labute approximate surface area is 87.5 Å². The van der Waals surface area contributed by atoms with Crippen LogP contribution >= 0.6 is 0 Å². The lowest BCUT2D eigenvalue weighted by Crippen LogP contribution is -2.14. The largest absolute Gasteiger partial charge is 0.393 e. The highest BCUT2D eigenvalue weighted by Crippen LogP contribution is 2.13. The number of ether oxygens (including phenoxy) is 1. The zero-order chi connectivity index (χ0) is 11.3. The van der Waals surface area contributed by atoms with Gasteiger partial charge in [0.05, 0.1) is 6.10 Å². The van der Waals surface area contributed by atoms with E-state index in [1.54, 1.807) is 0 Å². The highest BCUT2D eigenvalue weighted by Gasteiger charge is 2.10. The van der Waals surface area contributed by atoms with E-state index in [0.717, 1.165) is 18.2 Å². The summed E-state index contributed by atoms with van der Waals surface area (Å²) in [5.41, 5.74) is 0.193. The molecule has 1 aromatic carbocycles. The van der Waals surface area contributed by atoms with Gasteiger partial charge in [0.25, 0.3) is 0 Å². The minimum atomic E-state index is -0.707. The Morgan fingerprint density at radius 2 is 2.13 bits per heavy atom. The molecule has 0 aromatic heterocycles. The minimum Gasteiger partial charge on any atom is -0.393 e. The van der Waals surface area contributed by atoms with Crippen molar-refractivity contribution in [2.45, 2.75) is 18.9 Å². The van der Waals surface area contributed by atoms with E-state index in [9.17, 15) is 13.9 Å². The van der Waals surface area contributed by atoms with Gasteiger partial charge in [-0.15, -0.1) is 0 Å². The molecule has 2 nitrogen and oxygen atoms in total. The molecule has 0 aliphatic carbocycles. The molecule has 0 fully saturated rings. The number of hydrogen-bond donors (Lipinski definition) is 1. The zero-order valence-electron chi connectivity index (χ0n) is 8.54. The van der Waals surface area contributed by atoms with E-state index in [-0.39, 0.29) is 12.0 Å². The quantitative estimate of drug-likeness (QED) is 0.814. The summed E-state index contributed by atoms with van der Waals surface area (Å²) in [6.07, 6.45) is -0.194. The van der Waals surface area contributed by atoms with E-state index in [4.69, 9.17) is 4.74 Å². The summed E-state index contributed by atoms with van der Waals surface area (Å²) in [5, 5.41) is 9.48. The molecule has 0 aliphatic heterocycles. The van der Waals surface area contributed by atoms with Gasteiger partial charge in [0.15, 0.2) is 0 Å². The van der Waals surface area contributed by atoms with Crippen LogP contribution in [0.15, 0.2) is 18.2 Å². The summed E-state index contributed by atoms with van der Waals surface area (Å²) < 4.78 is 30.7. The fraction of sp³-hybridized carbons (Fsp3) is 0.455. The van der Waals surface area contributed by atoms with Gasteiger partial charge in [-0.25, -0.2) is 8.78 Å². The molecule has 15 heavy (non-hydrogen) atoms. The Hall–Kier alpha value is -1.00. The van der Waals surface area contributed by atoms with Crippen LogP contribution in [-0.4, -0.2) is 24.9 Å². The lowest BCUT2D eigenvalue weighted by Gasteiger charge is -2.10. The maximum atomic E-state index is 13.1.